The largest absolute Gasteiger partial charge is 0.465 e. The van der Waals surface area contributed by atoms with E-state index in [1.807, 2.05) is 50.2 Å². The molecule has 2 heterocycles. The van der Waals surface area contributed by atoms with Gasteiger partial charge in [-0.3, -0.25) is 9.69 Å². The number of hydrogen-bond acceptors (Lipinski definition) is 4. The SMILES string of the molecule is Cc1ccc(CC(=O)NCC(c2ccc(C)o2)N2CCOCC2)cc1. The van der Waals surface area contributed by atoms with Crippen LogP contribution in [0.4, 0.5) is 0 Å². The van der Waals surface area contributed by atoms with E-state index >= 15 is 0 Å². The van der Waals surface area contributed by atoms with Gasteiger partial charge in [0, 0.05) is 19.6 Å². The number of amides is 1. The van der Waals surface area contributed by atoms with Crippen LogP contribution in [0, 0.1) is 13.8 Å². The number of rotatable bonds is 6. The van der Waals surface area contributed by atoms with Crippen LogP contribution in [-0.4, -0.2) is 43.7 Å². The Balaban J connectivity index is 1.61. The molecule has 3 rings (SSSR count). The molecule has 1 fully saturated rings. The Bertz CT molecular complexity index is 687. The fourth-order valence-corrected chi connectivity index (χ4v) is 3.10. The molecule has 0 bridgehead atoms. The van der Waals surface area contributed by atoms with Gasteiger partial charge in [-0.05, 0) is 31.5 Å². The Kier molecular flexibility index (Phi) is 5.89. The van der Waals surface area contributed by atoms with Crippen LogP contribution in [0.2, 0.25) is 0 Å². The Hall–Kier alpha value is -2.11. The van der Waals surface area contributed by atoms with Crippen LogP contribution in [0.15, 0.2) is 40.8 Å². The number of nitrogens with zero attached hydrogens (tertiary/aromatic N) is 1. The van der Waals surface area contributed by atoms with Crippen LogP contribution in [0.3, 0.4) is 0 Å². The first-order valence-electron chi connectivity index (χ1n) is 8.82. The fourth-order valence-electron chi connectivity index (χ4n) is 3.10. The van der Waals surface area contributed by atoms with Crippen LogP contribution in [0.25, 0.3) is 0 Å². The lowest BCUT2D eigenvalue weighted by Gasteiger charge is -2.33. The highest BCUT2D eigenvalue weighted by atomic mass is 16.5. The van der Waals surface area contributed by atoms with Gasteiger partial charge in [-0.15, -0.1) is 0 Å². The van der Waals surface area contributed by atoms with Crippen LogP contribution in [0.1, 0.15) is 28.7 Å². The van der Waals surface area contributed by atoms with E-state index in [2.05, 4.69) is 10.2 Å². The highest BCUT2D eigenvalue weighted by Crippen LogP contribution is 2.23. The van der Waals surface area contributed by atoms with Crippen LogP contribution in [0.5, 0.6) is 0 Å². The molecule has 1 saturated heterocycles. The lowest BCUT2D eigenvalue weighted by atomic mass is 10.1. The number of nitrogens with one attached hydrogen (secondary N) is 1. The van der Waals surface area contributed by atoms with Crippen molar-refractivity contribution in [1.82, 2.24) is 10.2 Å². The molecule has 0 radical (unpaired) electrons. The van der Waals surface area contributed by atoms with Crippen molar-refractivity contribution in [2.45, 2.75) is 26.3 Å². The standard InChI is InChI=1S/C20H26N2O3/c1-15-3-6-17(7-4-15)13-20(23)21-14-18(19-8-5-16(2)25-19)22-9-11-24-12-10-22/h3-8,18H,9-14H2,1-2H3,(H,21,23). The van der Waals surface area contributed by atoms with Gasteiger partial charge in [-0.25, -0.2) is 0 Å². The lowest BCUT2D eigenvalue weighted by molar-refractivity contribution is -0.120. The number of benzene rings is 1. The topological polar surface area (TPSA) is 54.7 Å². The van der Waals surface area contributed by atoms with Gasteiger partial charge in [0.05, 0.1) is 25.7 Å². The maximum absolute atomic E-state index is 12.3. The summed E-state index contributed by atoms with van der Waals surface area (Å²) in [7, 11) is 0. The summed E-state index contributed by atoms with van der Waals surface area (Å²) in [4.78, 5) is 14.6. The summed E-state index contributed by atoms with van der Waals surface area (Å²) >= 11 is 0. The molecule has 1 N–H and O–H groups in total. The van der Waals surface area contributed by atoms with Crippen molar-refractivity contribution >= 4 is 5.91 Å². The van der Waals surface area contributed by atoms with Crippen molar-refractivity contribution in [2.75, 3.05) is 32.8 Å². The molecule has 5 nitrogen and oxygen atoms in total. The molecule has 1 amide bonds. The number of carbonyl (C=O) groups is 1. The predicted octanol–water partition coefficient (Wildman–Crippen LogP) is 2.63. The summed E-state index contributed by atoms with van der Waals surface area (Å²) < 4.78 is 11.3. The number of furan rings is 1. The van der Waals surface area contributed by atoms with E-state index in [4.69, 9.17) is 9.15 Å². The third kappa shape index (κ3) is 4.94. The Morgan fingerprint density at radius 1 is 1.12 bits per heavy atom. The molecule has 1 atom stereocenters. The Morgan fingerprint density at radius 2 is 1.84 bits per heavy atom. The highest BCUT2D eigenvalue weighted by molar-refractivity contribution is 5.78. The molecule has 5 heteroatoms. The molecule has 0 spiro atoms. The second-order valence-electron chi connectivity index (χ2n) is 6.58. The van der Waals surface area contributed by atoms with Crippen molar-refractivity contribution in [1.29, 1.82) is 0 Å². The third-order valence-corrected chi connectivity index (χ3v) is 4.55. The quantitative estimate of drug-likeness (QED) is 0.877. The van der Waals surface area contributed by atoms with E-state index in [1.165, 1.54) is 5.56 Å². The van der Waals surface area contributed by atoms with Gasteiger partial charge in [0.1, 0.15) is 11.5 Å². The summed E-state index contributed by atoms with van der Waals surface area (Å²) in [5.41, 5.74) is 2.23. The second kappa shape index (κ2) is 8.32. The van der Waals surface area contributed by atoms with E-state index in [0.29, 0.717) is 26.2 Å². The van der Waals surface area contributed by atoms with Crippen molar-refractivity contribution < 1.29 is 13.9 Å². The van der Waals surface area contributed by atoms with Gasteiger partial charge < -0.3 is 14.5 Å². The summed E-state index contributed by atoms with van der Waals surface area (Å²) in [6.45, 7) is 7.65. The molecule has 0 saturated carbocycles. The number of carbonyl (C=O) groups excluding carboxylic acids is 1. The van der Waals surface area contributed by atoms with E-state index in [1.54, 1.807) is 0 Å². The van der Waals surface area contributed by atoms with Crippen molar-refractivity contribution in [3.63, 3.8) is 0 Å². The number of ether oxygens (including phenoxy) is 1. The normalized spacial score (nSPS) is 16.6. The third-order valence-electron chi connectivity index (χ3n) is 4.55. The zero-order chi connectivity index (χ0) is 17.6. The van der Waals surface area contributed by atoms with Gasteiger partial charge >= 0.3 is 0 Å². The number of hydrogen-bond donors (Lipinski definition) is 1. The van der Waals surface area contributed by atoms with E-state index in [-0.39, 0.29) is 11.9 Å². The minimum absolute atomic E-state index is 0.0328. The molecule has 1 aromatic heterocycles. The van der Waals surface area contributed by atoms with Gasteiger partial charge in [0.15, 0.2) is 0 Å². The molecule has 1 aliphatic heterocycles. The molecular weight excluding hydrogens is 316 g/mol. The van der Waals surface area contributed by atoms with Gasteiger partial charge in [-0.1, -0.05) is 29.8 Å². The zero-order valence-electron chi connectivity index (χ0n) is 15.0. The summed E-state index contributed by atoms with van der Waals surface area (Å²) in [6.07, 6.45) is 0.396. The second-order valence-corrected chi connectivity index (χ2v) is 6.58. The molecular formula is C20H26N2O3. The smallest absolute Gasteiger partial charge is 0.224 e. The molecule has 2 aromatic rings. The maximum Gasteiger partial charge on any atom is 0.224 e. The first-order chi connectivity index (χ1) is 12.1. The van der Waals surface area contributed by atoms with Crippen molar-refractivity contribution in [3.8, 4) is 0 Å². The van der Waals surface area contributed by atoms with E-state index in [0.717, 1.165) is 30.2 Å². The van der Waals surface area contributed by atoms with Crippen molar-refractivity contribution in [2.24, 2.45) is 0 Å². The Labute approximate surface area is 149 Å². The minimum Gasteiger partial charge on any atom is -0.465 e. The molecule has 0 aliphatic carbocycles. The maximum atomic E-state index is 12.3. The van der Waals surface area contributed by atoms with Gasteiger partial charge in [0.25, 0.3) is 0 Å². The summed E-state index contributed by atoms with van der Waals surface area (Å²) in [5, 5.41) is 3.07. The number of morpholine rings is 1. The predicted molar refractivity (Wildman–Crippen MR) is 96.5 cm³/mol. The first kappa shape index (κ1) is 17.7. The van der Waals surface area contributed by atoms with Gasteiger partial charge in [0.2, 0.25) is 5.91 Å². The number of aryl methyl sites for hydroxylation is 2. The molecule has 1 unspecified atom stereocenters. The summed E-state index contributed by atoms with van der Waals surface area (Å²) in [6, 6.07) is 12.1. The fraction of sp³-hybridized carbons (Fsp3) is 0.450. The van der Waals surface area contributed by atoms with E-state index in [9.17, 15) is 4.79 Å². The van der Waals surface area contributed by atoms with Crippen LogP contribution >= 0.6 is 0 Å². The van der Waals surface area contributed by atoms with E-state index < -0.39 is 0 Å². The lowest BCUT2D eigenvalue weighted by Crippen LogP contribution is -2.43. The highest BCUT2D eigenvalue weighted by Gasteiger charge is 2.25. The Morgan fingerprint density at radius 3 is 2.48 bits per heavy atom. The molecule has 25 heavy (non-hydrogen) atoms. The average molecular weight is 342 g/mol. The van der Waals surface area contributed by atoms with Gasteiger partial charge in [-0.2, -0.15) is 0 Å². The minimum atomic E-state index is 0.0328. The summed E-state index contributed by atoms with van der Waals surface area (Å²) in [5.74, 6) is 1.82. The average Bonchev–Trinajstić information content (AvgIpc) is 3.04. The molecule has 134 valence electrons. The zero-order valence-corrected chi connectivity index (χ0v) is 15.0. The van der Waals surface area contributed by atoms with Crippen LogP contribution < -0.4 is 5.32 Å². The van der Waals surface area contributed by atoms with Crippen LogP contribution in [-0.2, 0) is 16.0 Å². The molecule has 1 aliphatic rings. The first-order valence-corrected chi connectivity index (χ1v) is 8.82. The van der Waals surface area contributed by atoms with Crippen molar-refractivity contribution in [3.05, 3.63) is 59.0 Å². The monoisotopic (exact) mass is 342 g/mol. The molecule has 1 aromatic carbocycles.